The Morgan fingerprint density at radius 1 is 1.36 bits per heavy atom. The van der Waals surface area contributed by atoms with Crippen LogP contribution in [0.3, 0.4) is 0 Å². The Bertz CT molecular complexity index is 237. The molecule has 0 saturated carbocycles. The molecule has 1 heterocycles. The summed E-state index contributed by atoms with van der Waals surface area (Å²) in [6.07, 6.45) is 0. The second-order valence-corrected chi connectivity index (χ2v) is 6.21. The van der Waals surface area contributed by atoms with Crippen LogP contribution in [-0.4, -0.2) is 14.3 Å². The average molecular weight is 188 g/mol. The van der Waals surface area contributed by atoms with Gasteiger partial charge in [-0.1, -0.05) is 25.3 Å². The molecule has 0 aliphatic carbocycles. The molecule has 1 aromatic heterocycles. The number of nitrogens with zero attached hydrogens (tertiary/aromatic N) is 2. The fourth-order valence-electron chi connectivity index (χ4n) is 0.596. The SMILES string of the molecule is Cc1nnsc1SC(C)(C)C. The fourth-order valence-corrected chi connectivity index (χ4v) is 2.75. The summed E-state index contributed by atoms with van der Waals surface area (Å²) in [6, 6.07) is 0. The summed E-state index contributed by atoms with van der Waals surface area (Å²) in [7, 11) is 0. The Labute approximate surface area is 75.6 Å². The molecule has 0 bridgehead atoms. The van der Waals surface area contributed by atoms with Gasteiger partial charge in [0.25, 0.3) is 0 Å². The first kappa shape index (κ1) is 9.00. The second kappa shape index (κ2) is 3.11. The van der Waals surface area contributed by atoms with Gasteiger partial charge in [-0.2, -0.15) is 0 Å². The van der Waals surface area contributed by atoms with E-state index in [0.717, 1.165) is 5.69 Å². The van der Waals surface area contributed by atoms with Gasteiger partial charge in [0.1, 0.15) is 4.21 Å². The minimum absolute atomic E-state index is 0.263. The summed E-state index contributed by atoms with van der Waals surface area (Å²) in [5, 5.41) is 3.95. The molecule has 0 aliphatic heterocycles. The van der Waals surface area contributed by atoms with Crippen molar-refractivity contribution >= 4 is 23.3 Å². The molecule has 0 aromatic carbocycles. The Morgan fingerprint density at radius 3 is 2.36 bits per heavy atom. The van der Waals surface area contributed by atoms with Crippen LogP contribution in [0.1, 0.15) is 26.5 Å². The zero-order valence-corrected chi connectivity index (χ0v) is 8.84. The zero-order chi connectivity index (χ0) is 8.48. The molecule has 0 N–H and O–H groups in total. The molecule has 1 aromatic rings. The number of aryl methyl sites for hydroxylation is 1. The Kier molecular flexibility index (Phi) is 2.54. The Balaban J connectivity index is 2.72. The van der Waals surface area contributed by atoms with E-state index in [-0.39, 0.29) is 4.75 Å². The minimum atomic E-state index is 0.263. The lowest BCUT2D eigenvalue weighted by Crippen LogP contribution is -2.06. The van der Waals surface area contributed by atoms with Crippen molar-refractivity contribution in [2.24, 2.45) is 0 Å². The number of thioether (sulfide) groups is 1. The maximum Gasteiger partial charge on any atom is 0.104 e. The highest BCUT2D eigenvalue weighted by Gasteiger charge is 2.15. The van der Waals surface area contributed by atoms with Crippen LogP contribution in [0.5, 0.6) is 0 Å². The van der Waals surface area contributed by atoms with Crippen LogP contribution in [0.4, 0.5) is 0 Å². The first-order chi connectivity index (χ1) is 4.99. The van der Waals surface area contributed by atoms with E-state index in [1.807, 2.05) is 18.7 Å². The van der Waals surface area contributed by atoms with Crippen LogP contribution in [-0.2, 0) is 0 Å². The third-order valence-electron chi connectivity index (χ3n) is 1.01. The van der Waals surface area contributed by atoms with E-state index in [1.165, 1.54) is 15.7 Å². The Hall–Kier alpha value is -0.0900. The van der Waals surface area contributed by atoms with Gasteiger partial charge in [0.15, 0.2) is 0 Å². The minimum Gasteiger partial charge on any atom is -0.142 e. The number of aromatic nitrogens is 2. The van der Waals surface area contributed by atoms with Crippen molar-refractivity contribution in [2.45, 2.75) is 36.7 Å². The highest BCUT2D eigenvalue weighted by atomic mass is 32.2. The van der Waals surface area contributed by atoms with E-state index >= 15 is 0 Å². The maximum absolute atomic E-state index is 3.95. The second-order valence-electron chi connectivity index (χ2n) is 3.36. The predicted octanol–water partition coefficient (Wildman–Crippen LogP) is 2.74. The van der Waals surface area contributed by atoms with Crippen molar-refractivity contribution in [2.75, 3.05) is 0 Å². The van der Waals surface area contributed by atoms with E-state index in [1.54, 1.807) is 0 Å². The quantitative estimate of drug-likeness (QED) is 0.634. The molecule has 62 valence electrons. The Morgan fingerprint density at radius 2 is 2.00 bits per heavy atom. The van der Waals surface area contributed by atoms with Gasteiger partial charge < -0.3 is 0 Å². The number of hydrogen-bond donors (Lipinski definition) is 0. The van der Waals surface area contributed by atoms with Crippen LogP contribution in [0.25, 0.3) is 0 Å². The molecule has 0 aliphatic rings. The average Bonchev–Trinajstić information content (AvgIpc) is 2.12. The maximum atomic E-state index is 3.95. The first-order valence-electron chi connectivity index (χ1n) is 3.47. The van der Waals surface area contributed by atoms with Gasteiger partial charge in [0.2, 0.25) is 0 Å². The largest absolute Gasteiger partial charge is 0.142 e. The van der Waals surface area contributed by atoms with E-state index in [4.69, 9.17) is 0 Å². The standard InChI is InChI=1S/C7H12N2S2/c1-5-6(11-9-8-5)10-7(2,3)4/h1-4H3. The lowest BCUT2D eigenvalue weighted by molar-refractivity contribution is 0.803. The van der Waals surface area contributed by atoms with Gasteiger partial charge in [0.05, 0.1) is 5.69 Å². The predicted molar refractivity (Wildman–Crippen MR) is 50.3 cm³/mol. The topological polar surface area (TPSA) is 25.8 Å². The molecule has 0 unspecified atom stereocenters. The lowest BCUT2D eigenvalue weighted by atomic mass is 10.3. The van der Waals surface area contributed by atoms with Crippen LogP contribution in [0.15, 0.2) is 4.21 Å². The smallest absolute Gasteiger partial charge is 0.104 e. The third-order valence-corrected chi connectivity index (χ3v) is 3.20. The van der Waals surface area contributed by atoms with E-state index in [9.17, 15) is 0 Å². The van der Waals surface area contributed by atoms with Gasteiger partial charge in [-0.3, -0.25) is 0 Å². The number of rotatable bonds is 1. The molecule has 0 radical (unpaired) electrons. The van der Waals surface area contributed by atoms with Crippen LogP contribution in [0, 0.1) is 6.92 Å². The molecule has 4 heteroatoms. The van der Waals surface area contributed by atoms with Gasteiger partial charge in [-0.25, -0.2) is 0 Å². The molecule has 0 fully saturated rings. The third kappa shape index (κ3) is 2.79. The summed E-state index contributed by atoms with van der Waals surface area (Å²) in [5.74, 6) is 0. The highest BCUT2D eigenvalue weighted by Crippen LogP contribution is 2.35. The molecular weight excluding hydrogens is 176 g/mol. The lowest BCUT2D eigenvalue weighted by Gasteiger charge is -2.15. The summed E-state index contributed by atoms with van der Waals surface area (Å²) >= 11 is 3.31. The summed E-state index contributed by atoms with van der Waals surface area (Å²) in [4.78, 5) is 0. The molecule has 0 spiro atoms. The van der Waals surface area contributed by atoms with E-state index < -0.39 is 0 Å². The molecule has 0 amide bonds. The van der Waals surface area contributed by atoms with E-state index in [2.05, 4.69) is 30.4 Å². The van der Waals surface area contributed by atoms with Crippen molar-refractivity contribution < 1.29 is 0 Å². The van der Waals surface area contributed by atoms with Gasteiger partial charge in [-0.05, 0) is 18.5 Å². The van der Waals surface area contributed by atoms with Crippen LogP contribution >= 0.6 is 23.3 Å². The summed E-state index contributed by atoms with van der Waals surface area (Å²) < 4.78 is 5.37. The molecule has 2 nitrogen and oxygen atoms in total. The van der Waals surface area contributed by atoms with Gasteiger partial charge >= 0.3 is 0 Å². The fraction of sp³-hybridized carbons (Fsp3) is 0.714. The van der Waals surface area contributed by atoms with E-state index in [0.29, 0.717) is 0 Å². The van der Waals surface area contributed by atoms with Crippen molar-refractivity contribution in [3.05, 3.63) is 5.69 Å². The van der Waals surface area contributed by atoms with Crippen molar-refractivity contribution in [1.82, 2.24) is 9.59 Å². The molecule has 1 rings (SSSR count). The molecular formula is C7H12N2S2. The van der Waals surface area contributed by atoms with Gasteiger partial charge in [-0.15, -0.1) is 16.9 Å². The molecule has 11 heavy (non-hydrogen) atoms. The van der Waals surface area contributed by atoms with Crippen molar-refractivity contribution in [1.29, 1.82) is 0 Å². The summed E-state index contributed by atoms with van der Waals surface area (Å²) in [6.45, 7) is 8.57. The molecule has 0 saturated heterocycles. The van der Waals surface area contributed by atoms with Crippen LogP contribution in [0.2, 0.25) is 0 Å². The monoisotopic (exact) mass is 188 g/mol. The summed E-state index contributed by atoms with van der Waals surface area (Å²) in [5.41, 5.74) is 1.05. The van der Waals surface area contributed by atoms with Crippen molar-refractivity contribution in [3.63, 3.8) is 0 Å². The number of hydrogen-bond acceptors (Lipinski definition) is 4. The normalized spacial score (nSPS) is 12.0. The molecule has 0 atom stereocenters. The van der Waals surface area contributed by atoms with Gasteiger partial charge in [0, 0.05) is 4.75 Å². The zero-order valence-electron chi connectivity index (χ0n) is 7.21. The highest BCUT2D eigenvalue weighted by molar-refractivity contribution is 8.02. The van der Waals surface area contributed by atoms with Crippen LogP contribution < -0.4 is 0 Å². The van der Waals surface area contributed by atoms with Crippen molar-refractivity contribution in [3.8, 4) is 0 Å². The first-order valence-corrected chi connectivity index (χ1v) is 5.06.